The van der Waals surface area contributed by atoms with Crippen molar-refractivity contribution in [3.05, 3.63) is 29.8 Å². The first kappa shape index (κ1) is 15.1. The second-order valence-electron chi connectivity index (χ2n) is 6.42. The molecular weight excluding hydrogens is 276 g/mol. The summed E-state index contributed by atoms with van der Waals surface area (Å²) in [7, 11) is 0. The fourth-order valence-electron chi connectivity index (χ4n) is 3.43. The number of rotatable bonds is 4. The molecule has 4 heteroatoms. The molecule has 0 aromatic heterocycles. The molecular formula is C18H24N2O2. The molecule has 0 spiro atoms. The van der Waals surface area contributed by atoms with E-state index in [1.807, 2.05) is 12.1 Å². The first-order chi connectivity index (χ1) is 10.7. The molecule has 1 aliphatic carbocycles. The Hall–Kier alpha value is -1.84. The Balaban J connectivity index is 1.63. The van der Waals surface area contributed by atoms with Crippen molar-refractivity contribution in [1.29, 1.82) is 0 Å². The molecule has 0 radical (unpaired) electrons. The number of nitrogens with one attached hydrogen (secondary N) is 1. The molecule has 3 rings (SSSR count). The van der Waals surface area contributed by atoms with Gasteiger partial charge < -0.3 is 10.2 Å². The summed E-state index contributed by atoms with van der Waals surface area (Å²) in [4.78, 5) is 26.3. The van der Waals surface area contributed by atoms with Crippen molar-refractivity contribution in [3.8, 4) is 0 Å². The van der Waals surface area contributed by atoms with Crippen LogP contribution in [0.4, 0.5) is 5.69 Å². The van der Waals surface area contributed by atoms with Crippen molar-refractivity contribution < 1.29 is 9.59 Å². The maximum absolute atomic E-state index is 12.3. The van der Waals surface area contributed by atoms with Gasteiger partial charge in [0.25, 0.3) is 0 Å². The summed E-state index contributed by atoms with van der Waals surface area (Å²) in [6.45, 7) is 2.61. The largest absolute Gasteiger partial charge is 0.353 e. The smallest absolute Gasteiger partial charge is 0.227 e. The van der Waals surface area contributed by atoms with E-state index in [1.165, 1.54) is 18.4 Å². The van der Waals surface area contributed by atoms with E-state index in [0.717, 1.165) is 24.9 Å². The number of benzene rings is 1. The van der Waals surface area contributed by atoms with E-state index in [0.29, 0.717) is 19.0 Å². The second-order valence-corrected chi connectivity index (χ2v) is 6.42. The number of amides is 2. The summed E-state index contributed by atoms with van der Waals surface area (Å²) in [5.74, 6) is -0.109. The average molecular weight is 300 g/mol. The van der Waals surface area contributed by atoms with Gasteiger partial charge in [0, 0.05) is 24.7 Å². The standard InChI is InChI=1S/C18H24N2O2/c1-2-13-7-9-16(10-8-13)20-12-14(11-17(20)21)18(22)19-15-5-3-4-6-15/h7-10,14-15H,2-6,11-12H2,1H3,(H,19,22)/t14-/m0/s1. The van der Waals surface area contributed by atoms with Crippen LogP contribution in [0.15, 0.2) is 24.3 Å². The van der Waals surface area contributed by atoms with Gasteiger partial charge >= 0.3 is 0 Å². The van der Waals surface area contributed by atoms with Crippen LogP contribution in [-0.4, -0.2) is 24.4 Å². The lowest BCUT2D eigenvalue weighted by Crippen LogP contribution is -2.38. The van der Waals surface area contributed by atoms with Gasteiger partial charge in [-0.3, -0.25) is 9.59 Å². The van der Waals surface area contributed by atoms with E-state index in [-0.39, 0.29) is 17.7 Å². The predicted molar refractivity (Wildman–Crippen MR) is 86.7 cm³/mol. The van der Waals surface area contributed by atoms with Gasteiger partial charge in [-0.15, -0.1) is 0 Å². The molecule has 4 nitrogen and oxygen atoms in total. The monoisotopic (exact) mass is 300 g/mol. The van der Waals surface area contributed by atoms with Gasteiger partial charge in [0.1, 0.15) is 0 Å². The number of carbonyl (C=O) groups is 2. The second kappa shape index (κ2) is 6.51. The molecule has 2 fully saturated rings. The fraction of sp³-hybridized carbons (Fsp3) is 0.556. The lowest BCUT2D eigenvalue weighted by molar-refractivity contribution is -0.126. The van der Waals surface area contributed by atoms with E-state index < -0.39 is 0 Å². The van der Waals surface area contributed by atoms with E-state index in [9.17, 15) is 9.59 Å². The van der Waals surface area contributed by atoms with E-state index >= 15 is 0 Å². The molecule has 1 aromatic rings. The summed E-state index contributed by atoms with van der Waals surface area (Å²) in [5, 5.41) is 3.11. The molecule has 1 aromatic carbocycles. The summed E-state index contributed by atoms with van der Waals surface area (Å²) in [5.41, 5.74) is 2.16. The molecule has 1 saturated heterocycles. The highest BCUT2D eigenvalue weighted by molar-refractivity contribution is 6.00. The topological polar surface area (TPSA) is 49.4 Å². The van der Waals surface area contributed by atoms with E-state index in [1.54, 1.807) is 4.90 Å². The first-order valence-electron chi connectivity index (χ1n) is 8.37. The summed E-state index contributed by atoms with van der Waals surface area (Å²) < 4.78 is 0. The molecule has 2 amide bonds. The Bertz CT molecular complexity index is 547. The van der Waals surface area contributed by atoms with Gasteiger partial charge in [0.15, 0.2) is 0 Å². The number of hydrogen-bond acceptors (Lipinski definition) is 2. The Kier molecular flexibility index (Phi) is 4.46. The number of nitrogens with zero attached hydrogens (tertiary/aromatic N) is 1. The van der Waals surface area contributed by atoms with Crippen LogP contribution in [0.25, 0.3) is 0 Å². The highest BCUT2D eigenvalue weighted by Crippen LogP contribution is 2.26. The van der Waals surface area contributed by atoms with Crippen molar-refractivity contribution in [2.45, 2.75) is 51.5 Å². The molecule has 1 aliphatic heterocycles. The van der Waals surface area contributed by atoms with Crippen molar-refractivity contribution >= 4 is 17.5 Å². The maximum Gasteiger partial charge on any atom is 0.227 e. The third kappa shape index (κ3) is 3.16. The lowest BCUT2D eigenvalue weighted by Gasteiger charge is -2.18. The third-order valence-corrected chi connectivity index (χ3v) is 4.85. The first-order valence-corrected chi connectivity index (χ1v) is 8.37. The van der Waals surface area contributed by atoms with Crippen LogP contribution in [0, 0.1) is 5.92 Å². The van der Waals surface area contributed by atoms with Crippen molar-refractivity contribution in [3.63, 3.8) is 0 Å². The minimum atomic E-state index is -0.209. The maximum atomic E-state index is 12.3. The molecule has 1 saturated carbocycles. The van der Waals surface area contributed by atoms with E-state index in [2.05, 4.69) is 24.4 Å². The van der Waals surface area contributed by atoms with Gasteiger partial charge in [-0.25, -0.2) is 0 Å². The van der Waals surface area contributed by atoms with E-state index in [4.69, 9.17) is 0 Å². The molecule has 1 N–H and O–H groups in total. The molecule has 0 bridgehead atoms. The van der Waals surface area contributed by atoms with Crippen LogP contribution < -0.4 is 10.2 Å². The van der Waals surface area contributed by atoms with Gasteiger partial charge in [0.05, 0.1) is 5.92 Å². The van der Waals surface area contributed by atoms with Crippen LogP contribution in [0.5, 0.6) is 0 Å². The van der Waals surface area contributed by atoms with Gasteiger partial charge in [-0.05, 0) is 37.0 Å². The van der Waals surface area contributed by atoms with Gasteiger partial charge in [0.2, 0.25) is 11.8 Å². The SMILES string of the molecule is CCc1ccc(N2C[C@@H](C(=O)NC3CCCC3)CC2=O)cc1. The van der Waals surface area contributed by atoms with Crippen LogP contribution >= 0.6 is 0 Å². The number of hydrogen-bond donors (Lipinski definition) is 1. The van der Waals surface area contributed by atoms with Gasteiger partial charge in [-0.2, -0.15) is 0 Å². The van der Waals surface area contributed by atoms with Gasteiger partial charge in [-0.1, -0.05) is 31.9 Å². The zero-order chi connectivity index (χ0) is 15.5. The van der Waals surface area contributed by atoms with Crippen LogP contribution in [-0.2, 0) is 16.0 Å². The Morgan fingerprint density at radius 3 is 2.55 bits per heavy atom. The Morgan fingerprint density at radius 2 is 1.91 bits per heavy atom. The molecule has 1 heterocycles. The quantitative estimate of drug-likeness (QED) is 0.929. The van der Waals surface area contributed by atoms with Crippen molar-refractivity contribution in [2.75, 3.05) is 11.4 Å². The van der Waals surface area contributed by atoms with Crippen LogP contribution in [0.3, 0.4) is 0 Å². The van der Waals surface area contributed by atoms with Crippen molar-refractivity contribution in [1.82, 2.24) is 5.32 Å². The fourth-order valence-corrected chi connectivity index (χ4v) is 3.43. The average Bonchev–Trinajstić information content (AvgIpc) is 3.17. The molecule has 118 valence electrons. The zero-order valence-corrected chi connectivity index (χ0v) is 13.2. The highest BCUT2D eigenvalue weighted by atomic mass is 16.2. The lowest BCUT2D eigenvalue weighted by atomic mass is 10.1. The minimum Gasteiger partial charge on any atom is -0.353 e. The third-order valence-electron chi connectivity index (χ3n) is 4.85. The zero-order valence-electron chi connectivity index (χ0n) is 13.2. The number of anilines is 1. The summed E-state index contributed by atoms with van der Waals surface area (Å²) in [6, 6.07) is 8.38. The number of aryl methyl sites for hydroxylation is 1. The summed E-state index contributed by atoms with van der Waals surface area (Å²) >= 11 is 0. The summed E-state index contributed by atoms with van der Waals surface area (Å²) in [6.07, 6.45) is 5.87. The normalized spacial score (nSPS) is 22.3. The predicted octanol–water partition coefficient (Wildman–Crippen LogP) is 2.66. The molecule has 2 aliphatic rings. The molecule has 1 atom stereocenters. The van der Waals surface area contributed by atoms with Crippen LogP contribution in [0.2, 0.25) is 0 Å². The Morgan fingerprint density at radius 1 is 1.23 bits per heavy atom. The van der Waals surface area contributed by atoms with Crippen LogP contribution in [0.1, 0.15) is 44.6 Å². The Labute approximate surface area is 131 Å². The van der Waals surface area contributed by atoms with Crippen molar-refractivity contribution in [2.24, 2.45) is 5.92 Å². The minimum absolute atomic E-state index is 0.0490. The molecule has 22 heavy (non-hydrogen) atoms. The highest BCUT2D eigenvalue weighted by Gasteiger charge is 2.35. The number of carbonyl (C=O) groups excluding carboxylic acids is 2. The molecule has 0 unspecified atom stereocenters.